The van der Waals surface area contributed by atoms with Crippen LogP contribution in [-0.4, -0.2) is 21.5 Å². The van der Waals surface area contributed by atoms with E-state index in [-0.39, 0.29) is 5.91 Å². The van der Waals surface area contributed by atoms with Gasteiger partial charge in [-0.1, -0.05) is 37.1 Å². The molecule has 0 atom stereocenters. The number of nitrogens with one attached hydrogen (secondary N) is 2. The number of aromatic nitrogens is 2. The molecule has 3 aromatic rings. The summed E-state index contributed by atoms with van der Waals surface area (Å²) in [7, 11) is 0. The number of imidazole rings is 1. The summed E-state index contributed by atoms with van der Waals surface area (Å²) in [4.78, 5) is 17.0. The van der Waals surface area contributed by atoms with E-state index < -0.39 is 0 Å². The maximum atomic E-state index is 12.3. The van der Waals surface area contributed by atoms with Crippen molar-refractivity contribution in [3.05, 3.63) is 59.7 Å². The zero-order chi connectivity index (χ0) is 18.6. The Bertz CT molecular complexity index is 923. The predicted octanol–water partition coefficient (Wildman–Crippen LogP) is 4.34. The van der Waals surface area contributed by atoms with Crippen LogP contribution in [0.3, 0.4) is 0 Å². The Kier molecular flexibility index (Phi) is 5.10. The maximum Gasteiger partial charge on any atom is 0.251 e. The Morgan fingerprint density at radius 1 is 1.11 bits per heavy atom. The first-order valence-corrected chi connectivity index (χ1v) is 9.83. The molecule has 0 aliphatic heterocycles. The monoisotopic (exact) mass is 362 g/mol. The van der Waals surface area contributed by atoms with Gasteiger partial charge < -0.3 is 15.2 Å². The average molecular weight is 362 g/mol. The number of anilines is 1. The topological polar surface area (TPSA) is 59.0 Å². The maximum absolute atomic E-state index is 12.3. The van der Waals surface area contributed by atoms with Gasteiger partial charge in [0.05, 0.1) is 11.0 Å². The van der Waals surface area contributed by atoms with Crippen LogP contribution < -0.4 is 10.6 Å². The molecule has 1 heterocycles. The van der Waals surface area contributed by atoms with E-state index in [1.54, 1.807) is 0 Å². The molecule has 2 aromatic carbocycles. The lowest BCUT2D eigenvalue weighted by molar-refractivity contribution is 0.0938. The second-order valence-electron chi connectivity index (χ2n) is 7.17. The normalized spacial score (nSPS) is 14.6. The van der Waals surface area contributed by atoms with Gasteiger partial charge >= 0.3 is 0 Å². The molecule has 4 rings (SSSR count). The second kappa shape index (κ2) is 7.82. The van der Waals surface area contributed by atoms with Crippen molar-refractivity contribution >= 4 is 22.9 Å². The molecule has 27 heavy (non-hydrogen) atoms. The molecule has 1 saturated carbocycles. The molecule has 0 unspecified atom stereocenters. The van der Waals surface area contributed by atoms with E-state index in [4.69, 9.17) is 0 Å². The van der Waals surface area contributed by atoms with Gasteiger partial charge in [-0.3, -0.25) is 4.79 Å². The number of nitrogens with zero attached hydrogens (tertiary/aromatic N) is 2. The van der Waals surface area contributed by atoms with Crippen molar-refractivity contribution < 1.29 is 4.79 Å². The van der Waals surface area contributed by atoms with Gasteiger partial charge in [0.25, 0.3) is 5.91 Å². The molecule has 5 heteroatoms. The van der Waals surface area contributed by atoms with Crippen LogP contribution in [0.5, 0.6) is 0 Å². The average Bonchev–Trinajstić information content (AvgIpc) is 3.33. The van der Waals surface area contributed by atoms with E-state index in [0.29, 0.717) is 12.6 Å². The van der Waals surface area contributed by atoms with Crippen LogP contribution >= 0.6 is 0 Å². The lowest BCUT2D eigenvalue weighted by Gasteiger charge is -2.12. The van der Waals surface area contributed by atoms with Crippen LogP contribution in [0.4, 0.5) is 5.95 Å². The van der Waals surface area contributed by atoms with Crippen LogP contribution in [-0.2, 0) is 13.1 Å². The first-order valence-electron chi connectivity index (χ1n) is 9.83. The Labute approximate surface area is 159 Å². The number of para-hydroxylation sites is 2. The summed E-state index contributed by atoms with van der Waals surface area (Å²) in [6.07, 6.45) is 4.65. The highest BCUT2D eigenvalue weighted by Gasteiger charge is 2.17. The van der Waals surface area contributed by atoms with Gasteiger partial charge in [-0.2, -0.15) is 0 Å². The van der Waals surface area contributed by atoms with Crippen LogP contribution in [0, 0.1) is 0 Å². The van der Waals surface area contributed by atoms with E-state index in [1.807, 2.05) is 42.5 Å². The van der Waals surface area contributed by atoms with Crippen molar-refractivity contribution in [2.75, 3.05) is 5.32 Å². The molecule has 1 aromatic heterocycles. The van der Waals surface area contributed by atoms with E-state index in [0.717, 1.165) is 47.5 Å². The van der Waals surface area contributed by atoms with Gasteiger partial charge in [-0.15, -0.1) is 0 Å². The van der Waals surface area contributed by atoms with E-state index in [2.05, 4.69) is 33.2 Å². The van der Waals surface area contributed by atoms with E-state index in [1.165, 1.54) is 12.8 Å². The van der Waals surface area contributed by atoms with Gasteiger partial charge in [0.2, 0.25) is 5.95 Å². The molecule has 1 fully saturated rings. The summed E-state index contributed by atoms with van der Waals surface area (Å²) in [6.45, 7) is 3.66. The van der Waals surface area contributed by atoms with Gasteiger partial charge in [0.1, 0.15) is 0 Å². The number of hydrogen-bond acceptors (Lipinski definition) is 3. The third-order valence-corrected chi connectivity index (χ3v) is 5.33. The van der Waals surface area contributed by atoms with E-state index >= 15 is 0 Å². The van der Waals surface area contributed by atoms with Crippen molar-refractivity contribution in [2.45, 2.75) is 51.7 Å². The summed E-state index contributed by atoms with van der Waals surface area (Å²) in [5, 5.41) is 6.56. The van der Waals surface area contributed by atoms with Gasteiger partial charge in [0.15, 0.2) is 0 Å². The van der Waals surface area contributed by atoms with Gasteiger partial charge in [0, 0.05) is 24.7 Å². The van der Waals surface area contributed by atoms with Crippen molar-refractivity contribution in [2.24, 2.45) is 0 Å². The fraction of sp³-hybridized carbons (Fsp3) is 0.364. The number of hydrogen-bond donors (Lipinski definition) is 2. The number of fused-ring (bicyclic) bond motifs is 1. The Hall–Kier alpha value is -2.82. The van der Waals surface area contributed by atoms with Gasteiger partial charge in [-0.25, -0.2) is 4.98 Å². The molecule has 0 saturated heterocycles. The molecule has 1 amide bonds. The molecule has 2 N–H and O–H groups in total. The summed E-state index contributed by atoms with van der Waals surface area (Å²) in [5.41, 5.74) is 4.00. The Morgan fingerprint density at radius 2 is 1.85 bits per heavy atom. The minimum Gasteiger partial charge on any atom is -0.352 e. The van der Waals surface area contributed by atoms with Crippen molar-refractivity contribution in [1.29, 1.82) is 0 Å². The van der Waals surface area contributed by atoms with Crippen molar-refractivity contribution in [3.63, 3.8) is 0 Å². The summed E-state index contributed by atoms with van der Waals surface area (Å²) in [5.74, 6) is 0.913. The lowest BCUT2D eigenvalue weighted by atomic mass is 10.1. The van der Waals surface area contributed by atoms with Crippen molar-refractivity contribution in [1.82, 2.24) is 14.9 Å². The molecular weight excluding hydrogens is 336 g/mol. The molecule has 0 bridgehead atoms. The fourth-order valence-electron chi connectivity index (χ4n) is 3.82. The SMILES string of the molecule is CCn1c(NCc2ccc(C(=O)NC3CCCC3)cc2)nc2ccccc21. The lowest BCUT2D eigenvalue weighted by Crippen LogP contribution is -2.32. The molecule has 0 spiro atoms. The van der Waals surface area contributed by atoms with Crippen LogP contribution in [0.25, 0.3) is 11.0 Å². The minimum atomic E-state index is 0.0363. The summed E-state index contributed by atoms with van der Waals surface area (Å²) < 4.78 is 2.18. The predicted molar refractivity (Wildman–Crippen MR) is 109 cm³/mol. The fourth-order valence-corrected chi connectivity index (χ4v) is 3.82. The highest BCUT2D eigenvalue weighted by atomic mass is 16.1. The zero-order valence-corrected chi connectivity index (χ0v) is 15.7. The highest BCUT2D eigenvalue weighted by molar-refractivity contribution is 5.94. The number of carbonyl (C=O) groups is 1. The standard InChI is InChI=1S/C22H26N4O/c1-2-26-20-10-6-5-9-19(20)25-22(26)23-15-16-11-13-17(14-12-16)21(27)24-18-7-3-4-8-18/h5-6,9-14,18H,2-4,7-8,15H2,1H3,(H,23,25)(H,24,27). The van der Waals surface area contributed by atoms with Crippen LogP contribution in [0.1, 0.15) is 48.5 Å². The second-order valence-corrected chi connectivity index (χ2v) is 7.17. The third-order valence-electron chi connectivity index (χ3n) is 5.33. The molecule has 1 aliphatic carbocycles. The molecule has 5 nitrogen and oxygen atoms in total. The Balaban J connectivity index is 1.41. The largest absolute Gasteiger partial charge is 0.352 e. The van der Waals surface area contributed by atoms with Gasteiger partial charge in [-0.05, 0) is 49.6 Å². The smallest absolute Gasteiger partial charge is 0.251 e. The quantitative estimate of drug-likeness (QED) is 0.686. The van der Waals surface area contributed by atoms with Crippen molar-refractivity contribution in [3.8, 4) is 0 Å². The van der Waals surface area contributed by atoms with Crippen LogP contribution in [0.2, 0.25) is 0 Å². The highest BCUT2D eigenvalue weighted by Crippen LogP contribution is 2.20. The first-order chi connectivity index (χ1) is 13.2. The van der Waals surface area contributed by atoms with Crippen LogP contribution in [0.15, 0.2) is 48.5 Å². The molecule has 1 aliphatic rings. The third kappa shape index (κ3) is 3.82. The summed E-state index contributed by atoms with van der Waals surface area (Å²) in [6, 6.07) is 16.4. The number of carbonyl (C=O) groups excluding carboxylic acids is 1. The zero-order valence-electron chi connectivity index (χ0n) is 15.7. The number of rotatable bonds is 6. The van der Waals surface area contributed by atoms with E-state index in [9.17, 15) is 4.79 Å². The number of aryl methyl sites for hydroxylation is 1. The molecule has 0 radical (unpaired) electrons. The number of amides is 1. The Morgan fingerprint density at radius 3 is 2.59 bits per heavy atom. The minimum absolute atomic E-state index is 0.0363. The summed E-state index contributed by atoms with van der Waals surface area (Å²) >= 11 is 0. The number of benzene rings is 2. The first kappa shape index (κ1) is 17.6. The molecular formula is C22H26N4O. The molecule has 140 valence electrons.